The quantitative estimate of drug-likeness (QED) is 0.0607. The van der Waals surface area contributed by atoms with Crippen LogP contribution in [0.15, 0.2) is 72.8 Å². The molecule has 462 valence electrons. The standard InChI is InChI=1S/C20H30F3NO4SSi.C19H28F3NO2Si.C16H18F3NO.C4H9O.K/c1-6-19(20(22,23)30(3,4)5)13-16(24-18(19)25)10-11-17(28-29(2,26)27)14-8-7-9-15(21)12-14;1-5-18(19(21,22)26(2,3)4)12-15(23-17(18)25)9-10-16(24)13-7-6-8-14(20)11-13;1-2-16(14(18)19)9-12-6-7-13(20(12)15(16)21)10-4-3-5-11(17)8-10;1-4(2,3)5;/h7-9,12,16-17H,6,10-11,13H2,1-5H3,(H,24,25);6-8,11,15-16,24H,5,9-10,12H2,1-4H3,(H,23,25);3-5,8,12-14H,2,6-7,9H2,1H3;1-3H3;/q;;;-1;+1/t16-,17?,19?;15-,16?,18?;12-,13?,16?;;/m111../s1. The van der Waals surface area contributed by atoms with Crippen molar-refractivity contribution in [3.8, 4) is 0 Å². The van der Waals surface area contributed by atoms with Crippen molar-refractivity contribution in [1.82, 2.24) is 15.5 Å². The molecule has 7 rings (SSSR count). The Balaban J connectivity index is 0.000000315. The van der Waals surface area contributed by atoms with Crippen molar-refractivity contribution in [2.45, 2.75) is 217 Å². The Morgan fingerprint density at radius 2 is 1.12 bits per heavy atom. The zero-order valence-electron chi connectivity index (χ0n) is 50.5. The predicted octanol–water partition coefficient (Wildman–Crippen LogP) is 9.93. The molecule has 0 aromatic heterocycles. The van der Waals surface area contributed by atoms with E-state index in [2.05, 4.69) is 10.6 Å². The molecule has 4 saturated heterocycles. The van der Waals surface area contributed by atoms with Crippen molar-refractivity contribution in [3.05, 3.63) is 107 Å². The van der Waals surface area contributed by atoms with Crippen molar-refractivity contribution in [2.24, 2.45) is 16.2 Å². The van der Waals surface area contributed by atoms with E-state index >= 15 is 17.6 Å². The molecule has 24 heteroatoms. The van der Waals surface area contributed by atoms with Crippen LogP contribution in [0.1, 0.15) is 154 Å². The van der Waals surface area contributed by atoms with Crippen LogP contribution in [-0.4, -0.2) is 99.8 Å². The summed E-state index contributed by atoms with van der Waals surface area (Å²) < 4.78 is 156. The normalized spacial score (nSPS) is 25.4. The fraction of sp³-hybridized carbons (Fsp3) is 0.644. The predicted molar refractivity (Wildman–Crippen MR) is 302 cm³/mol. The Hall–Kier alpha value is -2.66. The van der Waals surface area contributed by atoms with Crippen LogP contribution in [-0.2, 0) is 28.7 Å². The number of carbonyl (C=O) groups is 3. The molecule has 3 aromatic rings. The largest absolute Gasteiger partial charge is 1.00 e. The van der Waals surface area contributed by atoms with Gasteiger partial charge in [-0.1, -0.05) is 117 Å². The van der Waals surface area contributed by atoms with Crippen molar-refractivity contribution >= 4 is 44.0 Å². The first-order valence-corrected chi connectivity index (χ1v) is 36.9. The Morgan fingerprint density at radius 3 is 1.52 bits per heavy atom. The van der Waals surface area contributed by atoms with Gasteiger partial charge in [0, 0.05) is 18.1 Å². The molecular formula is C59H85F9KN3O8SSi2. The maximum absolute atomic E-state index is 15.3. The first-order valence-electron chi connectivity index (χ1n) is 28.1. The van der Waals surface area contributed by atoms with Gasteiger partial charge in [0.1, 0.15) is 55.9 Å². The van der Waals surface area contributed by atoms with Crippen LogP contribution in [0.2, 0.25) is 39.3 Å². The van der Waals surface area contributed by atoms with Gasteiger partial charge in [0.2, 0.25) is 28.8 Å². The first-order chi connectivity index (χ1) is 37.6. The maximum atomic E-state index is 15.3. The second-order valence-corrected chi connectivity index (χ2v) is 37.3. The molecular weight excluding hydrogens is 1180 g/mol. The molecule has 9 atom stereocenters. The minimum absolute atomic E-state index is 0. The van der Waals surface area contributed by atoms with E-state index in [4.69, 9.17) is 4.18 Å². The van der Waals surface area contributed by atoms with Gasteiger partial charge in [-0.2, -0.15) is 8.42 Å². The number of nitrogens with one attached hydrogen (secondary N) is 2. The van der Waals surface area contributed by atoms with E-state index in [0.29, 0.717) is 36.0 Å². The number of nitrogens with zero attached hydrogens (tertiary/aromatic N) is 1. The molecule has 3 N–H and O–H groups in total. The summed E-state index contributed by atoms with van der Waals surface area (Å²) in [6.45, 7) is 19.2. The van der Waals surface area contributed by atoms with Crippen LogP contribution < -0.4 is 67.1 Å². The summed E-state index contributed by atoms with van der Waals surface area (Å²) in [4.78, 5) is 39.4. The number of aliphatic hydroxyl groups excluding tert-OH is 1. The fourth-order valence-electron chi connectivity index (χ4n) is 11.8. The summed E-state index contributed by atoms with van der Waals surface area (Å²) in [5.41, 5.74) is -10.4. The molecule has 0 radical (unpaired) electrons. The van der Waals surface area contributed by atoms with E-state index in [1.54, 1.807) is 110 Å². The number of hydrogen-bond donors (Lipinski definition) is 3. The van der Waals surface area contributed by atoms with Crippen LogP contribution >= 0.6 is 0 Å². The average Bonchev–Trinajstić information content (AvgIpc) is 2.08. The molecule has 4 fully saturated rings. The maximum Gasteiger partial charge on any atom is 1.00 e. The monoisotopic (exact) mass is 1260 g/mol. The van der Waals surface area contributed by atoms with Gasteiger partial charge in [0.05, 0.1) is 18.4 Å². The Bertz CT molecular complexity index is 2780. The second-order valence-electron chi connectivity index (χ2n) is 25.5. The summed E-state index contributed by atoms with van der Waals surface area (Å²) >= 11 is 0. The topological polar surface area (TPSA) is 165 Å². The Labute approximate surface area is 530 Å². The number of alkyl halides is 6. The minimum atomic E-state index is -3.84. The van der Waals surface area contributed by atoms with Crippen LogP contribution in [0.4, 0.5) is 39.5 Å². The summed E-state index contributed by atoms with van der Waals surface area (Å²) in [5, 5.41) is 25.7. The second kappa shape index (κ2) is 29.1. The third kappa shape index (κ3) is 17.8. The molecule has 0 bridgehead atoms. The number of fused-ring (bicyclic) bond motifs is 1. The van der Waals surface area contributed by atoms with Crippen LogP contribution in [0.3, 0.4) is 0 Å². The molecule has 83 heavy (non-hydrogen) atoms. The number of aliphatic hydroxyl groups is 1. The Kier molecular flexibility index (Phi) is 26.2. The third-order valence-electron chi connectivity index (χ3n) is 16.4. The molecule has 4 aliphatic heterocycles. The number of carbonyl (C=O) groups excluding carboxylic acids is 3. The number of rotatable bonds is 19. The number of hydrogen-bond acceptors (Lipinski definition) is 8. The van der Waals surface area contributed by atoms with Crippen molar-refractivity contribution in [2.75, 3.05) is 6.26 Å². The molecule has 0 spiro atoms. The van der Waals surface area contributed by atoms with Gasteiger partial charge >= 0.3 is 51.4 Å². The molecule has 0 saturated carbocycles. The number of halogens is 9. The molecule has 4 aliphatic rings. The number of benzene rings is 3. The minimum Gasteiger partial charge on any atom is -0.850 e. The summed E-state index contributed by atoms with van der Waals surface area (Å²) in [6, 6.07) is 15.8. The number of amides is 3. The van der Waals surface area contributed by atoms with E-state index in [1.807, 2.05) is 0 Å². The van der Waals surface area contributed by atoms with Crippen LogP contribution in [0.5, 0.6) is 0 Å². The van der Waals surface area contributed by atoms with E-state index < -0.39 is 119 Å². The van der Waals surface area contributed by atoms with Crippen LogP contribution in [0, 0.1) is 33.7 Å². The molecule has 3 amide bonds. The van der Waals surface area contributed by atoms with Gasteiger partial charge in [-0.3, -0.25) is 18.6 Å². The average molecular weight is 1260 g/mol. The van der Waals surface area contributed by atoms with Gasteiger partial charge in [-0.05, 0) is 130 Å². The first kappa shape index (κ1) is 74.6. The van der Waals surface area contributed by atoms with E-state index in [0.717, 1.165) is 6.26 Å². The van der Waals surface area contributed by atoms with Crippen molar-refractivity contribution in [3.63, 3.8) is 0 Å². The van der Waals surface area contributed by atoms with Crippen LogP contribution in [0.25, 0.3) is 0 Å². The zero-order chi connectivity index (χ0) is 62.4. The smallest absolute Gasteiger partial charge is 0.850 e. The third-order valence-corrected chi connectivity index (χ3v) is 21.7. The zero-order valence-corrected chi connectivity index (χ0v) is 56.5. The van der Waals surface area contributed by atoms with Gasteiger partial charge in [-0.25, -0.2) is 39.5 Å². The SMILES string of the molecule is CC(C)(C)[O-].CCC1(C(F)(F)[Si](C)(C)C)C[C@@H](CCC(O)c2cccc(F)c2)NC1=O.CCC1(C(F)(F)[Si](C)(C)C)C[C@@H](CCC(OS(C)(=O)=O)c2cccc(F)c2)NC1=O.CCC1(C(F)F)C[C@H]2CCC(c3cccc(F)c3)N2C1=O.[K+]. The molecule has 3 aromatic carbocycles. The summed E-state index contributed by atoms with van der Waals surface area (Å²) in [6.07, 6.45) is -0.712. The van der Waals surface area contributed by atoms with Gasteiger partial charge in [0.15, 0.2) is 0 Å². The molecule has 4 heterocycles. The summed E-state index contributed by atoms with van der Waals surface area (Å²) in [7, 11) is -9.73. The van der Waals surface area contributed by atoms with Gasteiger partial charge < -0.3 is 25.7 Å². The van der Waals surface area contributed by atoms with E-state index in [1.165, 1.54) is 48.5 Å². The van der Waals surface area contributed by atoms with Crippen molar-refractivity contribution < 1.29 is 128 Å². The molecule has 6 unspecified atom stereocenters. The van der Waals surface area contributed by atoms with Gasteiger partial charge in [-0.15, -0.1) is 5.60 Å². The van der Waals surface area contributed by atoms with E-state index in [-0.39, 0.29) is 127 Å². The Morgan fingerprint density at radius 1 is 0.699 bits per heavy atom. The summed E-state index contributed by atoms with van der Waals surface area (Å²) in [5.74, 6) is -3.04. The van der Waals surface area contributed by atoms with Crippen molar-refractivity contribution in [1.29, 1.82) is 0 Å². The molecule has 0 aliphatic carbocycles. The van der Waals surface area contributed by atoms with E-state index in [9.17, 15) is 55.0 Å². The van der Waals surface area contributed by atoms with Gasteiger partial charge in [0.25, 0.3) is 16.5 Å². The fourth-order valence-corrected chi connectivity index (χ4v) is 16.0. The molecule has 11 nitrogen and oxygen atoms in total.